The summed E-state index contributed by atoms with van der Waals surface area (Å²) in [6.07, 6.45) is 0. The minimum Gasteiger partial charge on any atom is -0.335 e. The number of para-hydroxylation sites is 1. The molecule has 0 unspecified atom stereocenters. The summed E-state index contributed by atoms with van der Waals surface area (Å²) < 4.78 is 26.4. The first kappa shape index (κ1) is 19.0. The third-order valence-electron chi connectivity index (χ3n) is 4.85. The molecule has 1 fully saturated rings. The van der Waals surface area contributed by atoms with Crippen molar-refractivity contribution in [3.63, 3.8) is 0 Å². The number of aromatic nitrogens is 2. The Kier molecular flexibility index (Phi) is 5.22. The van der Waals surface area contributed by atoms with Gasteiger partial charge in [-0.2, -0.15) is 5.10 Å². The Bertz CT molecular complexity index is 1040. The Balaban J connectivity index is 1.32. The zero-order valence-corrected chi connectivity index (χ0v) is 15.5. The van der Waals surface area contributed by atoms with Gasteiger partial charge in [-0.3, -0.25) is 19.6 Å². The highest BCUT2D eigenvalue weighted by Gasteiger charge is 2.26. The van der Waals surface area contributed by atoms with Gasteiger partial charge in [-0.1, -0.05) is 18.2 Å². The maximum Gasteiger partial charge on any atom is 0.275 e. The molecular weight excluding hydrogens is 380 g/mol. The molecule has 3 aromatic rings. The van der Waals surface area contributed by atoms with Crippen molar-refractivity contribution in [1.82, 2.24) is 20.0 Å². The Morgan fingerprint density at radius 1 is 1.03 bits per heavy atom. The summed E-state index contributed by atoms with van der Waals surface area (Å²) in [5, 5.41) is 10.3. The zero-order chi connectivity index (χ0) is 20.4. The van der Waals surface area contributed by atoms with Crippen LogP contribution in [0.3, 0.4) is 0 Å². The second-order valence-corrected chi connectivity index (χ2v) is 6.89. The van der Waals surface area contributed by atoms with E-state index in [0.717, 1.165) is 29.1 Å². The van der Waals surface area contributed by atoms with Crippen LogP contribution in [-0.2, 0) is 4.79 Å². The van der Waals surface area contributed by atoms with Crippen LogP contribution in [0.2, 0.25) is 0 Å². The molecule has 0 bridgehead atoms. The number of aromatic amines is 1. The van der Waals surface area contributed by atoms with Crippen molar-refractivity contribution in [1.29, 1.82) is 0 Å². The number of H-pyrrole nitrogens is 1. The van der Waals surface area contributed by atoms with E-state index in [9.17, 15) is 18.4 Å². The molecule has 0 aliphatic carbocycles. The van der Waals surface area contributed by atoms with Crippen LogP contribution in [-0.4, -0.2) is 64.5 Å². The third kappa shape index (κ3) is 4.24. The van der Waals surface area contributed by atoms with Crippen molar-refractivity contribution in [2.75, 3.05) is 38.0 Å². The molecule has 0 atom stereocenters. The van der Waals surface area contributed by atoms with Crippen LogP contribution >= 0.6 is 0 Å². The first-order valence-electron chi connectivity index (χ1n) is 9.20. The summed E-state index contributed by atoms with van der Waals surface area (Å²) in [5.41, 5.74) is 1.27. The van der Waals surface area contributed by atoms with Crippen LogP contribution in [0.15, 0.2) is 42.5 Å². The lowest BCUT2D eigenvalue weighted by Gasteiger charge is -2.34. The number of hydrogen-bond acceptors (Lipinski definition) is 4. The van der Waals surface area contributed by atoms with Gasteiger partial charge in [0.15, 0.2) is 5.69 Å². The van der Waals surface area contributed by atoms with Crippen LogP contribution < -0.4 is 5.32 Å². The maximum atomic E-state index is 13.2. The molecule has 1 saturated heterocycles. The fraction of sp³-hybridized carbons (Fsp3) is 0.250. The van der Waals surface area contributed by atoms with Crippen LogP contribution in [0.4, 0.5) is 14.5 Å². The Labute approximate surface area is 165 Å². The molecule has 29 heavy (non-hydrogen) atoms. The second kappa shape index (κ2) is 7.96. The molecule has 150 valence electrons. The van der Waals surface area contributed by atoms with E-state index in [0.29, 0.717) is 31.9 Å². The van der Waals surface area contributed by atoms with Crippen molar-refractivity contribution in [2.24, 2.45) is 0 Å². The van der Waals surface area contributed by atoms with Gasteiger partial charge in [-0.15, -0.1) is 0 Å². The lowest BCUT2D eigenvalue weighted by Crippen LogP contribution is -2.50. The van der Waals surface area contributed by atoms with E-state index >= 15 is 0 Å². The molecule has 1 aliphatic heterocycles. The summed E-state index contributed by atoms with van der Waals surface area (Å²) in [5.74, 6) is -2.02. The number of carbonyl (C=O) groups is 2. The Morgan fingerprint density at radius 3 is 2.45 bits per heavy atom. The Morgan fingerprint density at radius 2 is 1.72 bits per heavy atom. The number of anilines is 1. The predicted octanol–water partition coefficient (Wildman–Crippen LogP) is 2.24. The fourth-order valence-corrected chi connectivity index (χ4v) is 3.41. The van der Waals surface area contributed by atoms with E-state index in [4.69, 9.17) is 0 Å². The number of carbonyl (C=O) groups excluding carboxylic acids is 2. The molecule has 2 amide bonds. The first-order valence-corrected chi connectivity index (χ1v) is 9.20. The van der Waals surface area contributed by atoms with Crippen LogP contribution in [0, 0.1) is 11.6 Å². The standard InChI is InChI=1S/C20H19F2N5O2/c21-13-9-14(22)11-15(10-13)23-18(28)12-26-5-7-27(8-6-26)20(29)19-16-3-1-2-4-17(16)24-25-19/h1-4,9-11H,5-8,12H2,(H,23,28)(H,24,25). The smallest absolute Gasteiger partial charge is 0.275 e. The third-order valence-corrected chi connectivity index (χ3v) is 4.85. The second-order valence-electron chi connectivity index (χ2n) is 6.89. The van der Waals surface area contributed by atoms with Gasteiger partial charge in [0, 0.05) is 43.3 Å². The highest BCUT2D eigenvalue weighted by atomic mass is 19.1. The van der Waals surface area contributed by atoms with E-state index in [1.165, 1.54) is 0 Å². The number of rotatable bonds is 4. The fourth-order valence-electron chi connectivity index (χ4n) is 3.41. The number of nitrogens with zero attached hydrogens (tertiary/aromatic N) is 3. The van der Waals surface area contributed by atoms with Gasteiger partial charge < -0.3 is 10.2 Å². The number of fused-ring (bicyclic) bond motifs is 1. The largest absolute Gasteiger partial charge is 0.335 e. The van der Waals surface area contributed by atoms with Crippen LogP contribution in [0.5, 0.6) is 0 Å². The molecule has 2 N–H and O–H groups in total. The van der Waals surface area contributed by atoms with Crippen LogP contribution in [0.1, 0.15) is 10.5 Å². The van der Waals surface area contributed by atoms with E-state index < -0.39 is 11.6 Å². The number of hydrogen-bond donors (Lipinski definition) is 2. The molecule has 2 aromatic carbocycles. The number of piperazine rings is 1. The SMILES string of the molecule is O=C(CN1CCN(C(=O)c2n[nH]c3ccccc23)CC1)Nc1cc(F)cc(F)c1. The summed E-state index contributed by atoms with van der Waals surface area (Å²) in [6, 6.07) is 10.3. The number of benzene rings is 2. The van der Waals surface area contributed by atoms with Crippen molar-refractivity contribution in [2.45, 2.75) is 0 Å². The molecular formula is C20H19F2N5O2. The van der Waals surface area contributed by atoms with Gasteiger partial charge in [0.2, 0.25) is 5.91 Å². The lowest BCUT2D eigenvalue weighted by atomic mass is 10.2. The van der Waals surface area contributed by atoms with Crippen molar-refractivity contribution in [3.05, 3.63) is 59.8 Å². The van der Waals surface area contributed by atoms with Crippen LogP contribution in [0.25, 0.3) is 10.9 Å². The van der Waals surface area contributed by atoms with Crippen molar-refractivity contribution in [3.8, 4) is 0 Å². The summed E-state index contributed by atoms with van der Waals surface area (Å²) in [7, 11) is 0. The quantitative estimate of drug-likeness (QED) is 0.705. The Hall–Kier alpha value is -3.33. The molecule has 2 heterocycles. The van der Waals surface area contributed by atoms with E-state index in [1.807, 2.05) is 29.2 Å². The molecule has 1 aliphatic rings. The molecule has 0 radical (unpaired) electrons. The van der Waals surface area contributed by atoms with Gasteiger partial charge in [0.05, 0.1) is 12.1 Å². The zero-order valence-electron chi connectivity index (χ0n) is 15.5. The van der Waals surface area contributed by atoms with Crippen molar-refractivity contribution < 1.29 is 18.4 Å². The highest BCUT2D eigenvalue weighted by molar-refractivity contribution is 6.04. The minimum atomic E-state index is -0.752. The molecule has 1 aromatic heterocycles. The van der Waals surface area contributed by atoms with Gasteiger partial charge in [0.25, 0.3) is 5.91 Å². The number of amides is 2. The lowest BCUT2D eigenvalue weighted by molar-refractivity contribution is -0.117. The highest BCUT2D eigenvalue weighted by Crippen LogP contribution is 2.18. The molecule has 0 saturated carbocycles. The predicted molar refractivity (Wildman–Crippen MR) is 103 cm³/mol. The van der Waals surface area contributed by atoms with Gasteiger partial charge in [0.1, 0.15) is 11.6 Å². The van der Waals surface area contributed by atoms with E-state index in [-0.39, 0.29) is 24.0 Å². The van der Waals surface area contributed by atoms with Crippen molar-refractivity contribution >= 4 is 28.4 Å². The first-order chi connectivity index (χ1) is 14.0. The van der Waals surface area contributed by atoms with E-state index in [2.05, 4.69) is 15.5 Å². The molecule has 0 spiro atoms. The molecule has 9 heteroatoms. The van der Waals surface area contributed by atoms with Gasteiger partial charge >= 0.3 is 0 Å². The maximum absolute atomic E-state index is 13.2. The van der Waals surface area contributed by atoms with E-state index in [1.54, 1.807) is 4.90 Å². The van der Waals surface area contributed by atoms with Gasteiger partial charge in [-0.25, -0.2) is 8.78 Å². The number of halogens is 2. The number of nitrogens with one attached hydrogen (secondary N) is 2. The molecule has 7 nitrogen and oxygen atoms in total. The molecule has 4 rings (SSSR count). The summed E-state index contributed by atoms with van der Waals surface area (Å²) >= 11 is 0. The topological polar surface area (TPSA) is 81.3 Å². The monoisotopic (exact) mass is 399 g/mol. The average molecular weight is 399 g/mol. The minimum absolute atomic E-state index is 0.0749. The van der Waals surface area contributed by atoms with Gasteiger partial charge in [-0.05, 0) is 18.2 Å². The average Bonchev–Trinajstić information content (AvgIpc) is 3.11. The summed E-state index contributed by atoms with van der Waals surface area (Å²) in [6.45, 7) is 2.02. The normalized spacial score (nSPS) is 14.9. The summed E-state index contributed by atoms with van der Waals surface area (Å²) in [4.78, 5) is 28.5.